The number of carbonyl (C=O) groups excluding carboxylic acids is 1. The van der Waals surface area contributed by atoms with Gasteiger partial charge in [-0.1, -0.05) is 11.6 Å². The molecule has 2 heterocycles. The smallest absolute Gasteiger partial charge is 0.263 e. The normalized spacial score (nSPS) is 11.2. The number of anilines is 2. The lowest BCUT2D eigenvalue weighted by Crippen LogP contribution is -2.17. The predicted molar refractivity (Wildman–Crippen MR) is 122 cm³/mol. The van der Waals surface area contributed by atoms with E-state index in [2.05, 4.69) is 20.1 Å². The van der Waals surface area contributed by atoms with E-state index in [1.165, 1.54) is 24.3 Å². The van der Waals surface area contributed by atoms with E-state index in [1.807, 2.05) is 12.1 Å². The molecule has 4 rings (SSSR count). The van der Waals surface area contributed by atoms with Crippen molar-refractivity contribution < 1.29 is 17.6 Å². The second kappa shape index (κ2) is 9.39. The van der Waals surface area contributed by atoms with E-state index in [9.17, 15) is 17.6 Å². The molecule has 0 atom stereocenters. The van der Waals surface area contributed by atoms with E-state index < -0.39 is 21.7 Å². The maximum Gasteiger partial charge on any atom is 0.263 e. The minimum Gasteiger partial charge on any atom is -0.305 e. The molecule has 0 aliphatic carbocycles. The summed E-state index contributed by atoms with van der Waals surface area (Å²) in [6.07, 6.45) is 5.07. The Balaban J connectivity index is 1.50. The van der Waals surface area contributed by atoms with E-state index in [4.69, 9.17) is 11.6 Å². The maximum atomic E-state index is 13.1. The Morgan fingerprint density at radius 1 is 1.03 bits per heavy atom. The molecule has 4 aromatic rings. The van der Waals surface area contributed by atoms with E-state index in [-0.39, 0.29) is 21.2 Å². The Bertz CT molecular complexity index is 1390. The molecule has 0 aliphatic rings. The van der Waals surface area contributed by atoms with Gasteiger partial charge in [-0.05, 0) is 60.2 Å². The van der Waals surface area contributed by atoms with Gasteiger partial charge < -0.3 is 5.32 Å². The number of benzene rings is 2. The van der Waals surface area contributed by atoms with Crippen molar-refractivity contribution in [2.24, 2.45) is 0 Å². The maximum absolute atomic E-state index is 13.1. The summed E-state index contributed by atoms with van der Waals surface area (Å²) >= 11 is 6.09. The van der Waals surface area contributed by atoms with Crippen LogP contribution in [0.5, 0.6) is 0 Å². The van der Waals surface area contributed by atoms with Crippen molar-refractivity contribution in [1.29, 1.82) is 0 Å². The first-order valence-corrected chi connectivity index (χ1v) is 11.5. The molecule has 168 valence electrons. The number of sulfonamides is 1. The lowest BCUT2D eigenvalue weighted by molar-refractivity contribution is 0.102. The highest BCUT2D eigenvalue weighted by Gasteiger charge is 2.21. The van der Waals surface area contributed by atoms with Crippen LogP contribution in [0.3, 0.4) is 0 Å². The van der Waals surface area contributed by atoms with Gasteiger partial charge in [0.15, 0.2) is 5.82 Å². The van der Waals surface area contributed by atoms with E-state index in [0.29, 0.717) is 12.4 Å². The van der Waals surface area contributed by atoms with Crippen molar-refractivity contribution in [3.8, 4) is 0 Å². The Hall–Kier alpha value is -3.76. The van der Waals surface area contributed by atoms with Crippen LogP contribution in [-0.2, 0) is 16.6 Å². The van der Waals surface area contributed by atoms with Crippen LogP contribution >= 0.6 is 11.6 Å². The first-order chi connectivity index (χ1) is 15.8. The molecule has 0 spiro atoms. The van der Waals surface area contributed by atoms with Gasteiger partial charge in [0.2, 0.25) is 0 Å². The second-order valence-electron chi connectivity index (χ2n) is 6.97. The van der Waals surface area contributed by atoms with Gasteiger partial charge in [-0.15, -0.1) is 0 Å². The highest BCUT2D eigenvalue weighted by Crippen LogP contribution is 2.25. The number of hydrogen-bond acceptors (Lipinski definition) is 5. The summed E-state index contributed by atoms with van der Waals surface area (Å²) in [6.45, 7) is 0.497. The Morgan fingerprint density at radius 2 is 1.76 bits per heavy atom. The summed E-state index contributed by atoms with van der Waals surface area (Å²) in [5, 5.41) is 6.87. The number of halogens is 2. The molecule has 0 aliphatic heterocycles. The molecule has 0 radical (unpaired) electrons. The Kier molecular flexibility index (Phi) is 6.38. The molecule has 0 unspecified atom stereocenters. The van der Waals surface area contributed by atoms with Crippen LogP contribution in [0.25, 0.3) is 0 Å². The van der Waals surface area contributed by atoms with E-state index in [0.717, 1.165) is 23.8 Å². The number of rotatable bonds is 7. The fourth-order valence-corrected chi connectivity index (χ4v) is 4.54. The Morgan fingerprint density at radius 3 is 2.48 bits per heavy atom. The minimum absolute atomic E-state index is 0.0669. The van der Waals surface area contributed by atoms with Gasteiger partial charge in [0.25, 0.3) is 15.9 Å². The number of nitrogens with zero attached hydrogens (tertiary/aromatic N) is 3. The quantitative estimate of drug-likeness (QED) is 0.408. The third-order valence-electron chi connectivity index (χ3n) is 4.56. The van der Waals surface area contributed by atoms with Gasteiger partial charge in [-0.25, -0.2) is 12.8 Å². The zero-order valence-corrected chi connectivity index (χ0v) is 18.5. The first-order valence-electron chi connectivity index (χ1n) is 9.62. The summed E-state index contributed by atoms with van der Waals surface area (Å²) in [4.78, 5) is 16.4. The van der Waals surface area contributed by atoms with Crippen molar-refractivity contribution in [3.05, 3.63) is 101 Å². The third kappa shape index (κ3) is 5.54. The molecule has 0 fully saturated rings. The molecule has 2 N–H and O–H groups in total. The molecule has 0 saturated carbocycles. The van der Waals surface area contributed by atoms with Crippen LogP contribution in [-0.4, -0.2) is 29.1 Å². The highest BCUT2D eigenvalue weighted by atomic mass is 35.5. The van der Waals surface area contributed by atoms with Gasteiger partial charge >= 0.3 is 0 Å². The van der Waals surface area contributed by atoms with Crippen molar-refractivity contribution in [3.63, 3.8) is 0 Å². The van der Waals surface area contributed by atoms with Crippen molar-refractivity contribution >= 4 is 39.0 Å². The van der Waals surface area contributed by atoms with Gasteiger partial charge in [-0.3, -0.25) is 19.2 Å². The van der Waals surface area contributed by atoms with Crippen LogP contribution in [0.1, 0.15) is 15.9 Å². The molecule has 11 heteroatoms. The number of aromatic nitrogens is 3. The number of amides is 1. The van der Waals surface area contributed by atoms with Gasteiger partial charge in [-0.2, -0.15) is 5.10 Å². The zero-order valence-electron chi connectivity index (χ0n) is 16.9. The SMILES string of the molecule is O=C(Nc1ccn(Cc2ccncc2)n1)c1ccc(Cl)c(S(=O)(=O)Nc2ccc(F)cc2)c1. The first kappa shape index (κ1) is 22.4. The summed E-state index contributed by atoms with van der Waals surface area (Å²) in [5.41, 5.74) is 1.22. The molecular weight excluding hydrogens is 469 g/mol. The number of pyridine rings is 1. The molecule has 2 aromatic heterocycles. The molecule has 33 heavy (non-hydrogen) atoms. The molecular formula is C22H17ClFN5O3S. The topological polar surface area (TPSA) is 106 Å². The standard InChI is InChI=1S/C22H17ClFN5O3S/c23-19-6-1-16(13-20(19)33(31,32)28-18-4-2-17(24)3-5-18)22(30)26-21-9-12-29(27-21)14-15-7-10-25-11-8-15/h1-13,28H,14H2,(H,26,27,30). The molecule has 8 nitrogen and oxygen atoms in total. The fourth-order valence-electron chi connectivity index (χ4n) is 2.96. The summed E-state index contributed by atoms with van der Waals surface area (Å²) in [7, 11) is -4.13. The number of nitrogens with one attached hydrogen (secondary N) is 2. The molecule has 0 bridgehead atoms. The van der Waals surface area contributed by atoms with Crippen molar-refractivity contribution in [2.45, 2.75) is 11.4 Å². The zero-order chi connectivity index (χ0) is 23.4. The second-order valence-corrected chi connectivity index (χ2v) is 9.02. The van der Waals surface area contributed by atoms with Crippen LogP contribution in [0.2, 0.25) is 5.02 Å². The third-order valence-corrected chi connectivity index (χ3v) is 6.42. The van der Waals surface area contributed by atoms with Gasteiger partial charge in [0.05, 0.1) is 11.6 Å². The lowest BCUT2D eigenvalue weighted by Gasteiger charge is -2.11. The fraction of sp³-hybridized carbons (Fsp3) is 0.0455. The number of carbonyl (C=O) groups is 1. The van der Waals surface area contributed by atoms with E-state index in [1.54, 1.807) is 29.3 Å². The van der Waals surface area contributed by atoms with Crippen molar-refractivity contribution in [2.75, 3.05) is 10.0 Å². The Labute approximate surface area is 194 Å². The van der Waals surface area contributed by atoms with Crippen LogP contribution in [0.15, 0.2) is 84.1 Å². The minimum atomic E-state index is -4.13. The van der Waals surface area contributed by atoms with Crippen molar-refractivity contribution in [1.82, 2.24) is 14.8 Å². The lowest BCUT2D eigenvalue weighted by atomic mass is 10.2. The highest BCUT2D eigenvalue weighted by molar-refractivity contribution is 7.92. The average Bonchev–Trinajstić information content (AvgIpc) is 3.22. The molecule has 1 amide bonds. The van der Waals surface area contributed by atoms with E-state index >= 15 is 0 Å². The summed E-state index contributed by atoms with van der Waals surface area (Å²) in [5.74, 6) is -0.755. The number of hydrogen-bond donors (Lipinski definition) is 2. The molecule has 2 aromatic carbocycles. The monoisotopic (exact) mass is 485 g/mol. The summed E-state index contributed by atoms with van der Waals surface area (Å²) < 4.78 is 42.6. The molecule has 0 saturated heterocycles. The van der Waals surface area contributed by atoms with Crippen LogP contribution in [0.4, 0.5) is 15.9 Å². The van der Waals surface area contributed by atoms with Crippen LogP contribution in [0, 0.1) is 5.82 Å². The van der Waals surface area contributed by atoms with Gasteiger partial charge in [0.1, 0.15) is 10.7 Å². The van der Waals surface area contributed by atoms with Gasteiger partial charge in [0, 0.05) is 35.9 Å². The summed E-state index contributed by atoms with van der Waals surface area (Å²) in [6, 6.07) is 14.0. The predicted octanol–water partition coefficient (Wildman–Crippen LogP) is 4.17. The average molecular weight is 486 g/mol. The van der Waals surface area contributed by atoms with Crippen LogP contribution < -0.4 is 10.0 Å². The largest absolute Gasteiger partial charge is 0.305 e.